The van der Waals surface area contributed by atoms with Crippen molar-refractivity contribution in [1.29, 1.82) is 0 Å². The number of nitrogens with one attached hydrogen (secondary N) is 1. The minimum absolute atomic E-state index is 0.103. The van der Waals surface area contributed by atoms with Crippen LogP contribution in [0.25, 0.3) is 0 Å². The van der Waals surface area contributed by atoms with Crippen LogP contribution >= 0.6 is 0 Å². The van der Waals surface area contributed by atoms with Crippen molar-refractivity contribution in [1.82, 2.24) is 10.3 Å². The molecule has 124 valence electrons. The summed E-state index contributed by atoms with van der Waals surface area (Å²) in [5.41, 5.74) is 1.29. The van der Waals surface area contributed by atoms with Crippen molar-refractivity contribution in [2.45, 2.75) is 25.3 Å². The van der Waals surface area contributed by atoms with Crippen molar-refractivity contribution in [2.75, 3.05) is 7.11 Å². The molecule has 24 heavy (non-hydrogen) atoms. The number of rotatable bonds is 3. The molecule has 1 heterocycles. The van der Waals surface area contributed by atoms with Crippen LogP contribution < -0.4 is 5.32 Å². The Morgan fingerprint density at radius 3 is 2.38 bits per heavy atom. The maximum absolute atomic E-state index is 12.6. The minimum atomic E-state index is -1.19. The third-order valence-electron chi connectivity index (χ3n) is 4.26. The molecular weight excluding hydrogens is 308 g/mol. The van der Waals surface area contributed by atoms with E-state index in [0.29, 0.717) is 18.5 Å². The average molecular weight is 326 g/mol. The Hall–Kier alpha value is -2.89. The molecule has 0 spiro atoms. The third kappa shape index (κ3) is 2.71. The number of amides is 1. The summed E-state index contributed by atoms with van der Waals surface area (Å²) in [4.78, 5) is 29.1. The second-order valence-electron chi connectivity index (χ2n) is 5.97. The molecule has 0 fully saturated rings. The van der Waals surface area contributed by atoms with E-state index in [1.54, 1.807) is 13.0 Å². The molecule has 1 aromatic carbocycles. The highest BCUT2D eigenvalue weighted by molar-refractivity contribution is 5.99. The lowest BCUT2D eigenvalue weighted by Crippen LogP contribution is -2.56. The molecule has 1 amide bonds. The van der Waals surface area contributed by atoms with Crippen LogP contribution in [0.1, 0.15) is 27.3 Å². The lowest BCUT2D eigenvalue weighted by molar-refractivity contribution is -0.147. The van der Waals surface area contributed by atoms with E-state index in [1.807, 2.05) is 24.3 Å². The maximum atomic E-state index is 12.6. The standard InChI is InChI=1S/C18H18N2O4/c1-11-7-8-14(21)15(19-11)16(22)20-18(17(23)24-2)9-12-5-3-4-6-13(12)10-18/h3-8,21H,9-10H2,1-2H3,(H,20,22). The Kier molecular flexibility index (Phi) is 3.97. The Morgan fingerprint density at radius 1 is 1.17 bits per heavy atom. The summed E-state index contributed by atoms with van der Waals surface area (Å²) >= 11 is 0. The number of nitrogens with zero attached hydrogens (tertiary/aromatic N) is 1. The van der Waals surface area contributed by atoms with E-state index >= 15 is 0 Å². The molecule has 6 heteroatoms. The molecule has 3 rings (SSSR count). The predicted molar refractivity (Wildman–Crippen MR) is 86.7 cm³/mol. The van der Waals surface area contributed by atoms with Crippen LogP contribution in [0.4, 0.5) is 0 Å². The van der Waals surface area contributed by atoms with Crippen molar-refractivity contribution >= 4 is 11.9 Å². The molecule has 0 saturated heterocycles. The minimum Gasteiger partial charge on any atom is -0.505 e. The smallest absolute Gasteiger partial charge is 0.332 e. The second-order valence-corrected chi connectivity index (χ2v) is 5.97. The fourth-order valence-electron chi connectivity index (χ4n) is 3.09. The van der Waals surface area contributed by atoms with Crippen molar-refractivity contribution in [3.63, 3.8) is 0 Å². The van der Waals surface area contributed by atoms with Crippen LogP contribution in [0.2, 0.25) is 0 Å². The summed E-state index contributed by atoms with van der Waals surface area (Å²) in [5, 5.41) is 12.6. The number of pyridine rings is 1. The molecule has 6 nitrogen and oxygen atoms in total. The van der Waals surface area contributed by atoms with Gasteiger partial charge in [-0.1, -0.05) is 24.3 Å². The monoisotopic (exact) mass is 326 g/mol. The highest BCUT2D eigenvalue weighted by Crippen LogP contribution is 2.31. The number of aryl methyl sites for hydroxylation is 1. The fourth-order valence-corrected chi connectivity index (χ4v) is 3.09. The van der Waals surface area contributed by atoms with E-state index in [4.69, 9.17) is 4.74 Å². The highest BCUT2D eigenvalue weighted by Gasteiger charge is 2.46. The van der Waals surface area contributed by atoms with Gasteiger partial charge in [-0.15, -0.1) is 0 Å². The van der Waals surface area contributed by atoms with Crippen LogP contribution in [0, 0.1) is 6.92 Å². The van der Waals surface area contributed by atoms with Gasteiger partial charge >= 0.3 is 5.97 Å². The summed E-state index contributed by atoms with van der Waals surface area (Å²) in [7, 11) is 1.29. The SMILES string of the molecule is COC(=O)C1(NC(=O)c2nc(C)ccc2O)Cc2ccccc2C1. The van der Waals surface area contributed by atoms with Crippen molar-refractivity contribution in [3.05, 3.63) is 58.9 Å². The first kappa shape index (κ1) is 16.0. The summed E-state index contributed by atoms with van der Waals surface area (Å²) in [6, 6.07) is 10.6. The van der Waals surface area contributed by atoms with Gasteiger partial charge in [0.1, 0.15) is 11.3 Å². The topological polar surface area (TPSA) is 88.5 Å². The number of hydrogen-bond acceptors (Lipinski definition) is 5. The zero-order valence-corrected chi connectivity index (χ0v) is 13.5. The van der Waals surface area contributed by atoms with E-state index in [2.05, 4.69) is 10.3 Å². The lowest BCUT2D eigenvalue weighted by Gasteiger charge is -2.27. The normalized spacial score (nSPS) is 14.8. The van der Waals surface area contributed by atoms with Gasteiger partial charge in [0.2, 0.25) is 0 Å². The number of benzene rings is 1. The van der Waals surface area contributed by atoms with Gasteiger partial charge in [-0.05, 0) is 30.2 Å². The number of fused-ring (bicyclic) bond motifs is 1. The molecule has 0 atom stereocenters. The zero-order valence-electron chi connectivity index (χ0n) is 13.5. The molecule has 0 bridgehead atoms. The number of esters is 1. The zero-order chi connectivity index (χ0) is 17.3. The van der Waals surface area contributed by atoms with Crippen LogP contribution in [-0.2, 0) is 22.4 Å². The van der Waals surface area contributed by atoms with E-state index in [-0.39, 0.29) is 11.4 Å². The van der Waals surface area contributed by atoms with Crippen molar-refractivity contribution in [2.24, 2.45) is 0 Å². The molecule has 1 aromatic heterocycles. The Bertz CT molecular complexity index is 791. The van der Waals surface area contributed by atoms with Gasteiger partial charge in [0, 0.05) is 18.5 Å². The first-order chi connectivity index (χ1) is 11.4. The maximum Gasteiger partial charge on any atom is 0.332 e. The summed E-state index contributed by atoms with van der Waals surface area (Å²) in [6.07, 6.45) is 0.683. The van der Waals surface area contributed by atoms with E-state index in [0.717, 1.165) is 11.1 Å². The summed E-state index contributed by atoms with van der Waals surface area (Å²) in [5.74, 6) is -1.35. The first-order valence-electron chi connectivity index (χ1n) is 7.59. The predicted octanol–water partition coefficient (Wildman–Crippen LogP) is 1.54. The van der Waals surface area contributed by atoms with Crippen LogP contribution in [0.15, 0.2) is 36.4 Å². The quantitative estimate of drug-likeness (QED) is 0.835. The lowest BCUT2D eigenvalue weighted by atomic mass is 9.95. The van der Waals surface area contributed by atoms with Gasteiger partial charge in [-0.2, -0.15) is 0 Å². The largest absolute Gasteiger partial charge is 0.505 e. The number of aromatic hydroxyl groups is 1. The molecule has 2 N–H and O–H groups in total. The van der Waals surface area contributed by atoms with Crippen LogP contribution in [-0.4, -0.2) is 34.6 Å². The van der Waals surface area contributed by atoms with Gasteiger partial charge < -0.3 is 15.2 Å². The molecular formula is C18H18N2O4. The van der Waals surface area contributed by atoms with Gasteiger partial charge in [0.25, 0.3) is 5.91 Å². The van der Waals surface area contributed by atoms with Crippen molar-refractivity contribution < 1.29 is 19.4 Å². The number of carbonyl (C=O) groups excluding carboxylic acids is 2. The Morgan fingerprint density at radius 2 is 1.79 bits per heavy atom. The van der Waals surface area contributed by atoms with E-state index < -0.39 is 17.4 Å². The highest BCUT2D eigenvalue weighted by atomic mass is 16.5. The number of ether oxygens (including phenoxy) is 1. The van der Waals surface area contributed by atoms with E-state index in [1.165, 1.54) is 13.2 Å². The average Bonchev–Trinajstić information content (AvgIpc) is 2.95. The summed E-state index contributed by atoms with van der Waals surface area (Å²) < 4.78 is 4.92. The second kappa shape index (κ2) is 5.96. The van der Waals surface area contributed by atoms with Gasteiger partial charge in [0.15, 0.2) is 5.69 Å². The van der Waals surface area contributed by atoms with Crippen LogP contribution in [0.5, 0.6) is 5.75 Å². The fraction of sp³-hybridized carbons (Fsp3) is 0.278. The molecule has 1 aliphatic rings. The number of methoxy groups -OCH3 is 1. The number of hydrogen-bond donors (Lipinski definition) is 2. The molecule has 0 radical (unpaired) electrons. The molecule has 0 unspecified atom stereocenters. The third-order valence-corrected chi connectivity index (χ3v) is 4.26. The number of carbonyl (C=O) groups is 2. The van der Waals surface area contributed by atoms with Gasteiger partial charge in [-0.25, -0.2) is 9.78 Å². The molecule has 2 aromatic rings. The Labute approximate surface area is 139 Å². The van der Waals surface area contributed by atoms with E-state index in [9.17, 15) is 14.7 Å². The molecule has 1 aliphatic carbocycles. The Balaban J connectivity index is 1.93. The first-order valence-corrected chi connectivity index (χ1v) is 7.59. The van der Waals surface area contributed by atoms with Crippen LogP contribution in [0.3, 0.4) is 0 Å². The molecule has 0 saturated carbocycles. The van der Waals surface area contributed by atoms with Gasteiger partial charge in [0.05, 0.1) is 7.11 Å². The summed E-state index contributed by atoms with van der Waals surface area (Å²) in [6.45, 7) is 1.72. The number of aromatic nitrogens is 1. The van der Waals surface area contributed by atoms with Gasteiger partial charge in [-0.3, -0.25) is 4.79 Å². The van der Waals surface area contributed by atoms with Crippen molar-refractivity contribution in [3.8, 4) is 5.75 Å². The molecule has 0 aliphatic heterocycles.